The molecule has 0 aliphatic rings. The van der Waals surface area contributed by atoms with Gasteiger partial charge in [0.15, 0.2) is 5.69 Å². The van der Waals surface area contributed by atoms with Gasteiger partial charge in [0.2, 0.25) is 0 Å². The maximum atomic E-state index is 12.3. The molecule has 1 amide bonds. The summed E-state index contributed by atoms with van der Waals surface area (Å²) in [7, 11) is 0. The third-order valence-electron chi connectivity index (χ3n) is 4.21. The predicted molar refractivity (Wildman–Crippen MR) is 102 cm³/mol. The number of nitrogens with two attached hydrogens (primary N) is 1. The van der Waals surface area contributed by atoms with E-state index in [4.69, 9.17) is 5.73 Å². The molecular weight excluding hydrogens is 326 g/mol. The molecule has 6 nitrogen and oxygen atoms in total. The zero-order valence-electron chi connectivity index (χ0n) is 15.0. The topological polar surface area (TPSA) is 85.8 Å². The number of carbonyl (C=O) groups excluding carboxylic acids is 1. The average Bonchev–Trinajstić information content (AvgIpc) is 3.04. The molecule has 0 aliphatic heterocycles. The Hall–Kier alpha value is -2.99. The highest BCUT2D eigenvalue weighted by Crippen LogP contribution is 2.21. The highest BCUT2D eigenvalue weighted by atomic mass is 16.2. The van der Waals surface area contributed by atoms with E-state index in [0.717, 1.165) is 23.2 Å². The highest BCUT2D eigenvalue weighted by molar-refractivity contribution is 5.93. The van der Waals surface area contributed by atoms with Crippen LogP contribution in [0.4, 0.5) is 0 Å². The van der Waals surface area contributed by atoms with E-state index in [1.54, 1.807) is 4.68 Å². The van der Waals surface area contributed by atoms with Crippen molar-refractivity contribution in [1.29, 1.82) is 0 Å². The Labute approximate surface area is 153 Å². The lowest BCUT2D eigenvalue weighted by atomic mass is 10.1. The Morgan fingerprint density at radius 1 is 1.12 bits per heavy atom. The Balaban J connectivity index is 1.76. The summed E-state index contributed by atoms with van der Waals surface area (Å²) in [6.07, 6.45) is 0.722. The van der Waals surface area contributed by atoms with Gasteiger partial charge in [0, 0.05) is 12.6 Å². The van der Waals surface area contributed by atoms with Crippen LogP contribution in [0.1, 0.15) is 29.5 Å². The molecule has 1 atom stereocenters. The lowest BCUT2D eigenvalue weighted by Gasteiger charge is -2.07. The average molecular weight is 349 g/mol. The number of benzene rings is 2. The minimum absolute atomic E-state index is 0.0511. The summed E-state index contributed by atoms with van der Waals surface area (Å²) >= 11 is 0. The van der Waals surface area contributed by atoms with Crippen molar-refractivity contribution in [1.82, 2.24) is 20.3 Å². The fraction of sp³-hybridized carbons (Fsp3) is 0.250. The zero-order valence-corrected chi connectivity index (χ0v) is 15.0. The van der Waals surface area contributed by atoms with Crippen LogP contribution in [0.5, 0.6) is 0 Å². The highest BCUT2D eigenvalue weighted by Gasteiger charge is 2.17. The molecule has 0 fully saturated rings. The van der Waals surface area contributed by atoms with Crippen molar-refractivity contribution in [3.8, 4) is 16.8 Å². The first kappa shape index (κ1) is 17.8. The smallest absolute Gasteiger partial charge is 0.273 e. The van der Waals surface area contributed by atoms with Crippen molar-refractivity contribution in [3.05, 3.63) is 66.0 Å². The summed E-state index contributed by atoms with van der Waals surface area (Å²) in [6, 6.07) is 18.2. The SMILES string of the molecule is Cc1c(C(=O)NCCC(C)N)nnn1-c1ccc(-c2ccccc2)cc1. The standard InChI is InChI=1S/C20H23N5O/c1-14(21)12-13-22-20(26)19-15(2)25(24-23-19)18-10-8-17(9-11-18)16-6-4-3-5-7-16/h3-11,14H,12-13,21H2,1-2H3,(H,22,26). The maximum absolute atomic E-state index is 12.3. The molecule has 0 saturated heterocycles. The number of carbonyl (C=O) groups is 1. The summed E-state index contributed by atoms with van der Waals surface area (Å²) in [5.74, 6) is -0.227. The van der Waals surface area contributed by atoms with Crippen molar-refractivity contribution in [2.45, 2.75) is 26.3 Å². The van der Waals surface area contributed by atoms with Crippen LogP contribution in [0.3, 0.4) is 0 Å². The number of nitrogens with one attached hydrogen (secondary N) is 1. The molecule has 3 rings (SSSR count). The van der Waals surface area contributed by atoms with Gasteiger partial charge in [-0.1, -0.05) is 47.7 Å². The van der Waals surface area contributed by atoms with E-state index in [1.165, 1.54) is 0 Å². The second kappa shape index (κ2) is 7.93. The second-order valence-corrected chi connectivity index (χ2v) is 6.37. The van der Waals surface area contributed by atoms with E-state index >= 15 is 0 Å². The zero-order chi connectivity index (χ0) is 18.5. The van der Waals surface area contributed by atoms with E-state index in [-0.39, 0.29) is 11.9 Å². The monoisotopic (exact) mass is 349 g/mol. The molecular formula is C20H23N5O. The number of aromatic nitrogens is 3. The Morgan fingerprint density at radius 3 is 2.42 bits per heavy atom. The van der Waals surface area contributed by atoms with Crippen molar-refractivity contribution in [3.63, 3.8) is 0 Å². The fourth-order valence-corrected chi connectivity index (χ4v) is 2.71. The van der Waals surface area contributed by atoms with E-state index in [9.17, 15) is 4.79 Å². The molecule has 6 heteroatoms. The number of amides is 1. The molecule has 0 spiro atoms. The van der Waals surface area contributed by atoms with Crippen LogP contribution >= 0.6 is 0 Å². The van der Waals surface area contributed by atoms with E-state index in [2.05, 4.69) is 27.8 Å². The van der Waals surface area contributed by atoms with E-state index in [1.807, 2.05) is 56.3 Å². The third kappa shape index (κ3) is 3.97. The number of hydrogen-bond donors (Lipinski definition) is 2. The molecule has 2 aromatic carbocycles. The quantitative estimate of drug-likeness (QED) is 0.716. The molecule has 1 heterocycles. The summed E-state index contributed by atoms with van der Waals surface area (Å²) in [4.78, 5) is 12.3. The molecule has 3 aromatic rings. The molecule has 0 bridgehead atoms. The first-order chi connectivity index (χ1) is 12.6. The predicted octanol–water partition coefficient (Wildman–Crippen LogP) is 2.71. The Morgan fingerprint density at radius 2 is 1.77 bits per heavy atom. The van der Waals surface area contributed by atoms with Crippen molar-refractivity contribution in [2.75, 3.05) is 6.54 Å². The molecule has 0 saturated carbocycles. The van der Waals surface area contributed by atoms with E-state index in [0.29, 0.717) is 17.9 Å². The largest absolute Gasteiger partial charge is 0.351 e. The van der Waals surface area contributed by atoms with E-state index < -0.39 is 0 Å². The van der Waals surface area contributed by atoms with Gasteiger partial charge in [-0.15, -0.1) is 5.10 Å². The van der Waals surface area contributed by atoms with Gasteiger partial charge < -0.3 is 11.1 Å². The summed E-state index contributed by atoms with van der Waals surface area (Å²) in [5, 5.41) is 11.0. The van der Waals surface area contributed by atoms with Crippen LogP contribution in [-0.2, 0) is 0 Å². The van der Waals surface area contributed by atoms with Crippen LogP contribution in [0.25, 0.3) is 16.8 Å². The Bertz CT molecular complexity index is 869. The first-order valence-corrected chi connectivity index (χ1v) is 8.68. The second-order valence-electron chi connectivity index (χ2n) is 6.37. The summed E-state index contributed by atoms with van der Waals surface area (Å²) in [5.41, 5.74) is 9.88. The minimum atomic E-state index is -0.227. The molecule has 3 N–H and O–H groups in total. The van der Waals surface area contributed by atoms with Gasteiger partial charge in [-0.25, -0.2) is 4.68 Å². The first-order valence-electron chi connectivity index (χ1n) is 8.68. The van der Waals surface area contributed by atoms with Gasteiger partial charge >= 0.3 is 0 Å². The van der Waals surface area contributed by atoms with Crippen LogP contribution < -0.4 is 11.1 Å². The molecule has 1 unspecified atom stereocenters. The number of rotatable bonds is 6. The van der Waals surface area contributed by atoms with Crippen LogP contribution in [-0.4, -0.2) is 33.5 Å². The van der Waals surface area contributed by atoms with Crippen molar-refractivity contribution >= 4 is 5.91 Å². The van der Waals surface area contributed by atoms with Gasteiger partial charge in [0.05, 0.1) is 11.4 Å². The van der Waals surface area contributed by atoms with Crippen molar-refractivity contribution < 1.29 is 4.79 Å². The Kier molecular flexibility index (Phi) is 5.43. The van der Waals surface area contributed by atoms with Gasteiger partial charge in [-0.2, -0.15) is 0 Å². The molecule has 26 heavy (non-hydrogen) atoms. The van der Waals surface area contributed by atoms with Gasteiger partial charge in [-0.3, -0.25) is 4.79 Å². The molecule has 1 aromatic heterocycles. The number of nitrogens with zero attached hydrogens (tertiary/aromatic N) is 3. The summed E-state index contributed by atoms with van der Waals surface area (Å²) in [6.45, 7) is 4.27. The third-order valence-corrected chi connectivity index (χ3v) is 4.21. The van der Waals surface area contributed by atoms with Crippen LogP contribution in [0.15, 0.2) is 54.6 Å². The normalized spacial score (nSPS) is 12.0. The van der Waals surface area contributed by atoms with Crippen LogP contribution in [0.2, 0.25) is 0 Å². The fourth-order valence-electron chi connectivity index (χ4n) is 2.71. The molecule has 134 valence electrons. The van der Waals surface area contributed by atoms with Crippen LogP contribution in [0, 0.1) is 6.92 Å². The molecule has 0 radical (unpaired) electrons. The number of hydrogen-bond acceptors (Lipinski definition) is 4. The summed E-state index contributed by atoms with van der Waals surface area (Å²) < 4.78 is 1.68. The maximum Gasteiger partial charge on any atom is 0.273 e. The van der Waals surface area contributed by atoms with Crippen molar-refractivity contribution in [2.24, 2.45) is 5.73 Å². The van der Waals surface area contributed by atoms with Gasteiger partial charge in [-0.05, 0) is 43.5 Å². The van der Waals surface area contributed by atoms with Gasteiger partial charge in [0.1, 0.15) is 0 Å². The van der Waals surface area contributed by atoms with Gasteiger partial charge in [0.25, 0.3) is 5.91 Å². The lowest BCUT2D eigenvalue weighted by Crippen LogP contribution is -2.29. The molecule has 0 aliphatic carbocycles. The minimum Gasteiger partial charge on any atom is -0.351 e. The lowest BCUT2D eigenvalue weighted by molar-refractivity contribution is 0.0947.